The molecule has 1 atom stereocenters. The molecular weight excluding hydrogens is 316 g/mol. The standard InChI is InChI=1S/C19H24N4O2/c1-13(2)14-5-7-15(8-6-14)22-18(24)17-9-10-20-19(23-17)21-12-16-4-3-11-25-16/h5-10,13,16H,3-4,11-12H2,1-2H3,(H,22,24)(H,20,21,23). The second kappa shape index (κ2) is 8.07. The molecule has 0 bridgehead atoms. The van der Waals surface area contributed by atoms with Crippen LogP contribution >= 0.6 is 0 Å². The molecule has 25 heavy (non-hydrogen) atoms. The molecule has 0 radical (unpaired) electrons. The van der Waals surface area contributed by atoms with Crippen molar-refractivity contribution in [2.24, 2.45) is 0 Å². The average Bonchev–Trinajstić information content (AvgIpc) is 3.14. The number of aromatic nitrogens is 2. The zero-order chi connectivity index (χ0) is 17.6. The molecule has 2 N–H and O–H groups in total. The van der Waals surface area contributed by atoms with Crippen LogP contribution < -0.4 is 10.6 Å². The maximum atomic E-state index is 12.4. The van der Waals surface area contributed by atoms with Crippen LogP contribution in [-0.2, 0) is 4.74 Å². The first-order chi connectivity index (χ1) is 12.1. The summed E-state index contributed by atoms with van der Waals surface area (Å²) < 4.78 is 5.56. The van der Waals surface area contributed by atoms with Crippen molar-refractivity contribution in [3.63, 3.8) is 0 Å². The highest BCUT2D eigenvalue weighted by Crippen LogP contribution is 2.18. The average molecular weight is 340 g/mol. The minimum Gasteiger partial charge on any atom is -0.376 e. The van der Waals surface area contributed by atoms with Crippen LogP contribution in [0.4, 0.5) is 11.6 Å². The topological polar surface area (TPSA) is 76.1 Å². The third kappa shape index (κ3) is 4.76. The van der Waals surface area contributed by atoms with E-state index in [4.69, 9.17) is 4.74 Å². The number of carbonyl (C=O) groups is 1. The van der Waals surface area contributed by atoms with E-state index in [0.717, 1.165) is 25.1 Å². The normalized spacial score (nSPS) is 16.8. The van der Waals surface area contributed by atoms with E-state index in [9.17, 15) is 4.79 Å². The summed E-state index contributed by atoms with van der Waals surface area (Å²) >= 11 is 0. The Morgan fingerprint density at radius 2 is 2.08 bits per heavy atom. The highest BCUT2D eigenvalue weighted by Gasteiger charge is 2.16. The van der Waals surface area contributed by atoms with Gasteiger partial charge in [-0.1, -0.05) is 26.0 Å². The van der Waals surface area contributed by atoms with Gasteiger partial charge >= 0.3 is 0 Å². The molecule has 1 fully saturated rings. The Kier molecular flexibility index (Phi) is 5.60. The van der Waals surface area contributed by atoms with Crippen molar-refractivity contribution in [2.75, 3.05) is 23.8 Å². The lowest BCUT2D eigenvalue weighted by Gasteiger charge is -2.11. The van der Waals surface area contributed by atoms with E-state index in [0.29, 0.717) is 24.1 Å². The van der Waals surface area contributed by atoms with Gasteiger partial charge in [0.25, 0.3) is 5.91 Å². The highest BCUT2D eigenvalue weighted by atomic mass is 16.5. The predicted octanol–water partition coefficient (Wildman–Crippen LogP) is 3.44. The number of ether oxygens (including phenoxy) is 1. The van der Waals surface area contributed by atoms with Crippen LogP contribution in [0.1, 0.15) is 48.7 Å². The quantitative estimate of drug-likeness (QED) is 0.842. The molecule has 1 aliphatic rings. The molecule has 6 heteroatoms. The lowest BCUT2D eigenvalue weighted by Crippen LogP contribution is -2.21. The summed E-state index contributed by atoms with van der Waals surface area (Å²) in [6, 6.07) is 9.47. The van der Waals surface area contributed by atoms with E-state index >= 15 is 0 Å². The van der Waals surface area contributed by atoms with E-state index in [1.54, 1.807) is 12.3 Å². The molecule has 1 saturated heterocycles. The molecule has 1 unspecified atom stereocenters. The molecule has 1 aliphatic heterocycles. The Balaban J connectivity index is 1.60. The largest absolute Gasteiger partial charge is 0.376 e. The third-order valence-electron chi connectivity index (χ3n) is 4.24. The van der Waals surface area contributed by atoms with E-state index in [1.807, 2.05) is 24.3 Å². The zero-order valence-corrected chi connectivity index (χ0v) is 14.7. The molecule has 132 valence electrons. The molecule has 2 aromatic rings. The molecule has 0 spiro atoms. The SMILES string of the molecule is CC(C)c1ccc(NC(=O)c2ccnc(NCC3CCCO3)n2)cc1. The summed E-state index contributed by atoms with van der Waals surface area (Å²) in [5.74, 6) is 0.655. The van der Waals surface area contributed by atoms with Crippen molar-refractivity contribution in [2.45, 2.75) is 38.7 Å². The highest BCUT2D eigenvalue weighted by molar-refractivity contribution is 6.02. The maximum absolute atomic E-state index is 12.4. The van der Waals surface area contributed by atoms with Crippen LogP contribution in [0.15, 0.2) is 36.5 Å². The van der Waals surface area contributed by atoms with E-state index in [-0.39, 0.29) is 12.0 Å². The lowest BCUT2D eigenvalue weighted by molar-refractivity contribution is 0.102. The fourth-order valence-electron chi connectivity index (χ4n) is 2.73. The summed E-state index contributed by atoms with van der Waals surface area (Å²) in [4.78, 5) is 20.8. The van der Waals surface area contributed by atoms with E-state index in [2.05, 4.69) is 34.4 Å². The van der Waals surface area contributed by atoms with Gasteiger partial charge < -0.3 is 15.4 Å². The number of benzene rings is 1. The molecule has 6 nitrogen and oxygen atoms in total. The molecule has 0 saturated carbocycles. The van der Waals surface area contributed by atoms with Gasteiger partial charge in [-0.05, 0) is 42.5 Å². The fraction of sp³-hybridized carbons (Fsp3) is 0.421. The number of amides is 1. The number of carbonyl (C=O) groups excluding carboxylic acids is 1. The molecule has 1 amide bonds. The van der Waals surface area contributed by atoms with E-state index < -0.39 is 0 Å². The van der Waals surface area contributed by atoms with Crippen LogP contribution in [0.2, 0.25) is 0 Å². The second-order valence-electron chi connectivity index (χ2n) is 6.51. The first-order valence-electron chi connectivity index (χ1n) is 8.71. The van der Waals surface area contributed by atoms with Gasteiger partial charge in [0.05, 0.1) is 6.10 Å². The van der Waals surface area contributed by atoms with Gasteiger partial charge in [0.15, 0.2) is 0 Å². The summed E-state index contributed by atoms with van der Waals surface area (Å²) in [6.07, 6.45) is 3.91. The van der Waals surface area contributed by atoms with Crippen molar-refractivity contribution in [1.82, 2.24) is 9.97 Å². The van der Waals surface area contributed by atoms with Crippen molar-refractivity contribution in [3.8, 4) is 0 Å². The summed E-state index contributed by atoms with van der Waals surface area (Å²) in [5, 5.41) is 6.01. The molecular formula is C19H24N4O2. The van der Waals surface area contributed by atoms with Gasteiger partial charge in [-0.3, -0.25) is 4.79 Å². The van der Waals surface area contributed by atoms with Gasteiger partial charge in [0.1, 0.15) is 5.69 Å². The van der Waals surface area contributed by atoms with Gasteiger partial charge in [-0.25, -0.2) is 9.97 Å². The summed E-state index contributed by atoms with van der Waals surface area (Å²) in [7, 11) is 0. The van der Waals surface area contributed by atoms with Crippen LogP contribution in [0, 0.1) is 0 Å². The van der Waals surface area contributed by atoms with Gasteiger partial charge in [-0.15, -0.1) is 0 Å². The molecule has 3 rings (SSSR count). The Morgan fingerprint density at radius 3 is 2.76 bits per heavy atom. The Morgan fingerprint density at radius 1 is 1.28 bits per heavy atom. The van der Waals surface area contributed by atoms with Crippen molar-refractivity contribution >= 4 is 17.5 Å². The summed E-state index contributed by atoms with van der Waals surface area (Å²) in [5.41, 5.74) is 2.32. The Labute approximate surface area is 148 Å². The smallest absolute Gasteiger partial charge is 0.274 e. The molecule has 1 aromatic heterocycles. The molecule has 2 heterocycles. The Bertz CT molecular complexity index is 710. The second-order valence-corrected chi connectivity index (χ2v) is 6.51. The number of hydrogen-bond donors (Lipinski definition) is 2. The van der Waals surface area contributed by atoms with Crippen LogP contribution in [0.3, 0.4) is 0 Å². The molecule has 1 aromatic carbocycles. The first kappa shape index (κ1) is 17.4. The first-order valence-corrected chi connectivity index (χ1v) is 8.71. The molecule has 0 aliphatic carbocycles. The predicted molar refractivity (Wildman–Crippen MR) is 98.0 cm³/mol. The minimum atomic E-state index is -0.250. The number of hydrogen-bond acceptors (Lipinski definition) is 5. The van der Waals surface area contributed by atoms with E-state index in [1.165, 1.54) is 5.56 Å². The number of nitrogens with zero attached hydrogens (tertiary/aromatic N) is 2. The van der Waals surface area contributed by atoms with Crippen LogP contribution in [-0.4, -0.2) is 35.1 Å². The minimum absolute atomic E-state index is 0.195. The van der Waals surface area contributed by atoms with Crippen molar-refractivity contribution < 1.29 is 9.53 Å². The number of anilines is 2. The van der Waals surface area contributed by atoms with Crippen molar-refractivity contribution in [3.05, 3.63) is 47.8 Å². The number of rotatable bonds is 6. The van der Waals surface area contributed by atoms with Gasteiger partial charge in [0.2, 0.25) is 5.95 Å². The third-order valence-corrected chi connectivity index (χ3v) is 4.24. The maximum Gasteiger partial charge on any atom is 0.274 e. The lowest BCUT2D eigenvalue weighted by atomic mass is 10.0. The van der Waals surface area contributed by atoms with Crippen LogP contribution in [0.5, 0.6) is 0 Å². The van der Waals surface area contributed by atoms with Crippen molar-refractivity contribution in [1.29, 1.82) is 0 Å². The fourth-order valence-corrected chi connectivity index (χ4v) is 2.73. The number of nitrogens with one attached hydrogen (secondary N) is 2. The summed E-state index contributed by atoms with van der Waals surface area (Å²) in [6.45, 7) is 5.74. The zero-order valence-electron chi connectivity index (χ0n) is 14.7. The van der Waals surface area contributed by atoms with Gasteiger partial charge in [-0.2, -0.15) is 0 Å². The Hall–Kier alpha value is -2.47. The van der Waals surface area contributed by atoms with Gasteiger partial charge in [0, 0.05) is 25.0 Å². The van der Waals surface area contributed by atoms with Crippen LogP contribution in [0.25, 0.3) is 0 Å². The monoisotopic (exact) mass is 340 g/mol.